The minimum Gasteiger partial charge on any atom is -0.398 e. The molecule has 0 amide bonds. The zero-order valence-corrected chi connectivity index (χ0v) is 13.5. The van der Waals surface area contributed by atoms with Crippen molar-refractivity contribution < 1.29 is 0 Å². The molecule has 0 unspecified atom stereocenters. The van der Waals surface area contributed by atoms with E-state index in [0.29, 0.717) is 0 Å². The van der Waals surface area contributed by atoms with E-state index in [0.717, 1.165) is 50.3 Å². The molecule has 0 spiro atoms. The van der Waals surface area contributed by atoms with E-state index in [1.807, 2.05) is 52.0 Å². The van der Waals surface area contributed by atoms with Gasteiger partial charge in [-0.2, -0.15) is 5.26 Å². The molecular weight excluding hydrogens is 270 g/mol. The van der Waals surface area contributed by atoms with Crippen LogP contribution in [-0.4, -0.2) is 0 Å². The van der Waals surface area contributed by atoms with Crippen molar-refractivity contribution >= 4 is 16.9 Å². The number of anilines is 2. The molecule has 0 aliphatic heterocycles. The van der Waals surface area contributed by atoms with Gasteiger partial charge in [-0.25, -0.2) is 0 Å². The quantitative estimate of drug-likeness (QED) is 0.647. The standard InChI is InChI=1S/C19H21N3/c1-11-7-15(8-12(2)18(11)21)17(5-6-20)16-9-13(3)19(22)14(4)10-16/h5,7-10H,21-22H2,1-4H3. The molecule has 0 aliphatic carbocycles. The number of nitrogens with zero attached hydrogens (tertiary/aromatic N) is 1. The van der Waals surface area contributed by atoms with Crippen LogP contribution in [0.5, 0.6) is 0 Å². The molecule has 0 aliphatic rings. The van der Waals surface area contributed by atoms with E-state index in [2.05, 4.69) is 6.07 Å². The van der Waals surface area contributed by atoms with Crippen LogP contribution in [0.3, 0.4) is 0 Å². The third-order valence-corrected chi connectivity index (χ3v) is 4.02. The number of nitrogen functional groups attached to an aromatic ring is 2. The van der Waals surface area contributed by atoms with Gasteiger partial charge in [0.15, 0.2) is 0 Å². The summed E-state index contributed by atoms with van der Waals surface area (Å²) in [4.78, 5) is 0. The molecule has 3 heteroatoms. The third kappa shape index (κ3) is 2.82. The molecular formula is C19H21N3. The number of nitriles is 1. The van der Waals surface area contributed by atoms with Crippen LogP contribution in [0.15, 0.2) is 30.3 Å². The zero-order chi connectivity index (χ0) is 16.4. The highest BCUT2D eigenvalue weighted by Gasteiger charge is 2.11. The van der Waals surface area contributed by atoms with Gasteiger partial charge < -0.3 is 11.5 Å². The van der Waals surface area contributed by atoms with Crippen molar-refractivity contribution in [3.63, 3.8) is 0 Å². The van der Waals surface area contributed by atoms with E-state index in [1.54, 1.807) is 6.08 Å². The van der Waals surface area contributed by atoms with Crippen molar-refractivity contribution in [2.75, 3.05) is 11.5 Å². The molecule has 2 rings (SSSR count). The lowest BCUT2D eigenvalue weighted by molar-refractivity contribution is 1.34. The van der Waals surface area contributed by atoms with Gasteiger partial charge >= 0.3 is 0 Å². The summed E-state index contributed by atoms with van der Waals surface area (Å²) < 4.78 is 0. The largest absolute Gasteiger partial charge is 0.398 e. The van der Waals surface area contributed by atoms with Crippen molar-refractivity contribution in [2.24, 2.45) is 0 Å². The van der Waals surface area contributed by atoms with Gasteiger partial charge in [0.05, 0.1) is 6.07 Å². The minimum absolute atomic E-state index is 0.796. The molecule has 0 radical (unpaired) electrons. The van der Waals surface area contributed by atoms with Gasteiger partial charge in [0.1, 0.15) is 0 Å². The van der Waals surface area contributed by atoms with Crippen LogP contribution in [-0.2, 0) is 0 Å². The van der Waals surface area contributed by atoms with Gasteiger partial charge in [0, 0.05) is 17.5 Å². The highest BCUT2D eigenvalue weighted by Crippen LogP contribution is 2.31. The van der Waals surface area contributed by atoms with E-state index in [9.17, 15) is 0 Å². The molecule has 0 atom stereocenters. The fourth-order valence-corrected chi connectivity index (χ4v) is 2.66. The first kappa shape index (κ1) is 15.7. The second-order valence-corrected chi connectivity index (χ2v) is 5.73. The average molecular weight is 291 g/mol. The van der Waals surface area contributed by atoms with Gasteiger partial charge in [0.25, 0.3) is 0 Å². The summed E-state index contributed by atoms with van der Waals surface area (Å²) in [5, 5.41) is 9.17. The molecule has 2 aromatic carbocycles. The maximum atomic E-state index is 9.17. The van der Waals surface area contributed by atoms with Crippen molar-refractivity contribution in [3.8, 4) is 6.07 Å². The zero-order valence-electron chi connectivity index (χ0n) is 13.5. The van der Waals surface area contributed by atoms with Crippen LogP contribution >= 0.6 is 0 Å². The summed E-state index contributed by atoms with van der Waals surface area (Å²) in [7, 11) is 0. The van der Waals surface area contributed by atoms with Crippen molar-refractivity contribution in [3.05, 3.63) is 63.7 Å². The molecule has 22 heavy (non-hydrogen) atoms. The van der Waals surface area contributed by atoms with Gasteiger partial charge in [-0.15, -0.1) is 0 Å². The van der Waals surface area contributed by atoms with E-state index >= 15 is 0 Å². The Labute approximate surface area is 131 Å². The molecule has 2 aromatic rings. The summed E-state index contributed by atoms with van der Waals surface area (Å²) in [5.41, 5.74) is 20.6. The smallest absolute Gasteiger partial charge is 0.0918 e. The van der Waals surface area contributed by atoms with E-state index in [4.69, 9.17) is 16.7 Å². The molecule has 3 nitrogen and oxygen atoms in total. The molecule has 0 saturated heterocycles. The first-order valence-corrected chi connectivity index (χ1v) is 7.19. The average Bonchev–Trinajstić information content (AvgIpc) is 2.47. The first-order chi connectivity index (χ1) is 10.3. The normalized spacial score (nSPS) is 10.1. The number of benzene rings is 2. The highest BCUT2D eigenvalue weighted by atomic mass is 14.6. The Morgan fingerprint density at radius 3 is 1.41 bits per heavy atom. The summed E-state index contributed by atoms with van der Waals surface area (Å²) >= 11 is 0. The van der Waals surface area contributed by atoms with Gasteiger partial charge in [-0.1, -0.05) is 0 Å². The Morgan fingerprint density at radius 2 is 1.14 bits per heavy atom. The number of rotatable bonds is 2. The summed E-state index contributed by atoms with van der Waals surface area (Å²) in [6.45, 7) is 7.93. The summed E-state index contributed by atoms with van der Waals surface area (Å²) in [5.74, 6) is 0. The van der Waals surface area contributed by atoms with E-state index in [1.165, 1.54) is 0 Å². The maximum Gasteiger partial charge on any atom is 0.0918 e. The molecule has 0 saturated carbocycles. The highest BCUT2D eigenvalue weighted by molar-refractivity contribution is 5.84. The minimum atomic E-state index is 0.796. The lowest BCUT2D eigenvalue weighted by Crippen LogP contribution is -1.99. The number of allylic oxidation sites excluding steroid dienone is 1. The van der Waals surface area contributed by atoms with Crippen LogP contribution in [0.1, 0.15) is 33.4 Å². The fraction of sp³-hybridized carbons (Fsp3) is 0.211. The maximum absolute atomic E-state index is 9.17. The van der Waals surface area contributed by atoms with Gasteiger partial charge in [0.2, 0.25) is 0 Å². The molecule has 0 heterocycles. The Balaban J connectivity index is 2.68. The van der Waals surface area contributed by atoms with E-state index < -0.39 is 0 Å². The Bertz CT molecular complexity index is 702. The molecule has 0 bridgehead atoms. The Hall–Kier alpha value is -2.73. The van der Waals surface area contributed by atoms with Gasteiger partial charge in [-0.05, 0) is 90.9 Å². The van der Waals surface area contributed by atoms with Crippen LogP contribution < -0.4 is 11.5 Å². The molecule has 112 valence electrons. The molecule has 0 aromatic heterocycles. The predicted octanol–water partition coefficient (Wildman–Crippen LogP) is 4.04. The number of hydrogen-bond acceptors (Lipinski definition) is 3. The Kier molecular flexibility index (Phi) is 4.23. The van der Waals surface area contributed by atoms with Crippen LogP contribution in [0.4, 0.5) is 11.4 Å². The number of aryl methyl sites for hydroxylation is 4. The monoisotopic (exact) mass is 291 g/mol. The van der Waals surface area contributed by atoms with Crippen molar-refractivity contribution in [1.82, 2.24) is 0 Å². The van der Waals surface area contributed by atoms with E-state index in [-0.39, 0.29) is 0 Å². The second kappa shape index (κ2) is 5.95. The summed E-state index contributed by atoms with van der Waals surface area (Å²) in [6.07, 6.45) is 1.58. The topological polar surface area (TPSA) is 75.8 Å². The van der Waals surface area contributed by atoms with Crippen LogP contribution in [0, 0.1) is 39.0 Å². The first-order valence-electron chi connectivity index (χ1n) is 7.19. The summed E-state index contributed by atoms with van der Waals surface area (Å²) in [6, 6.07) is 10.2. The lowest BCUT2D eigenvalue weighted by Gasteiger charge is -2.14. The van der Waals surface area contributed by atoms with Crippen LogP contribution in [0.2, 0.25) is 0 Å². The predicted molar refractivity (Wildman–Crippen MR) is 93.3 cm³/mol. The second-order valence-electron chi connectivity index (χ2n) is 5.73. The van der Waals surface area contributed by atoms with Gasteiger partial charge in [-0.3, -0.25) is 0 Å². The van der Waals surface area contributed by atoms with Crippen molar-refractivity contribution in [1.29, 1.82) is 5.26 Å². The fourth-order valence-electron chi connectivity index (χ4n) is 2.66. The SMILES string of the molecule is Cc1cc(C(=CC#N)c2cc(C)c(N)c(C)c2)cc(C)c1N. The third-order valence-electron chi connectivity index (χ3n) is 4.02. The van der Waals surface area contributed by atoms with Crippen LogP contribution in [0.25, 0.3) is 5.57 Å². The Morgan fingerprint density at radius 1 is 0.818 bits per heavy atom. The van der Waals surface area contributed by atoms with Crippen molar-refractivity contribution in [2.45, 2.75) is 27.7 Å². The lowest BCUT2D eigenvalue weighted by atomic mass is 9.91. The molecule has 0 fully saturated rings. The number of nitrogens with two attached hydrogens (primary N) is 2. The number of hydrogen-bond donors (Lipinski definition) is 2. The molecule has 4 N–H and O–H groups in total.